The molecular formula is C17H23ClF3N3O2. The van der Waals surface area contributed by atoms with Crippen molar-refractivity contribution in [2.75, 3.05) is 26.2 Å². The van der Waals surface area contributed by atoms with Crippen LogP contribution in [0.1, 0.15) is 35.7 Å². The molecule has 1 fully saturated rings. The minimum Gasteiger partial charge on any atom is -0.338 e. The first-order valence-corrected chi connectivity index (χ1v) is 8.25. The van der Waals surface area contributed by atoms with Crippen molar-refractivity contribution in [2.45, 2.75) is 32.0 Å². The van der Waals surface area contributed by atoms with E-state index in [4.69, 9.17) is 5.73 Å². The van der Waals surface area contributed by atoms with Gasteiger partial charge in [-0.15, -0.1) is 12.4 Å². The van der Waals surface area contributed by atoms with Crippen LogP contribution in [-0.2, 0) is 11.0 Å². The number of alkyl halides is 3. The number of hydrogen-bond acceptors (Lipinski definition) is 3. The molecule has 1 heterocycles. The number of nitrogens with zero attached hydrogens (tertiary/aromatic N) is 2. The molecular weight excluding hydrogens is 371 g/mol. The van der Waals surface area contributed by atoms with E-state index in [9.17, 15) is 22.8 Å². The summed E-state index contributed by atoms with van der Waals surface area (Å²) in [5, 5.41) is 0. The van der Waals surface area contributed by atoms with Gasteiger partial charge < -0.3 is 15.5 Å². The fraction of sp³-hybridized carbons (Fsp3) is 0.529. The summed E-state index contributed by atoms with van der Waals surface area (Å²) in [6.45, 7) is 3.17. The second-order valence-electron chi connectivity index (χ2n) is 6.09. The lowest BCUT2D eigenvalue weighted by molar-refractivity contribution is -0.137. The molecule has 2 amide bonds. The Kier molecular flexibility index (Phi) is 7.89. The lowest BCUT2D eigenvalue weighted by Crippen LogP contribution is -2.54. The minimum absolute atomic E-state index is 0. The van der Waals surface area contributed by atoms with Crippen LogP contribution in [-0.4, -0.2) is 53.8 Å². The molecule has 0 spiro atoms. The largest absolute Gasteiger partial charge is 0.416 e. The smallest absolute Gasteiger partial charge is 0.338 e. The van der Waals surface area contributed by atoms with Crippen LogP contribution in [0.2, 0.25) is 0 Å². The molecule has 0 saturated carbocycles. The Morgan fingerprint density at radius 2 is 1.73 bits per heavy atom. The van der Waals surface area contributed by atoms with Crippen LogP contribution >= 0.6 is 12.4 Å². The van der Waals surface area contributed by atoms with Crippen LogP contribution in [0.4, 0.5) is 13.2 Å². The van der Waals surface area contributed by atoms with Crippen LogP contribution in [0.25, 0.3) is 0 Å². The standard InChI is InChI=1S/C17H22F3N3O2.ClH/c1-2-4-14(21)16(25)23-9-7-22(8-10-23)15(24)12-5-3-6-13(11-12)17(18,19)20;/h3,5-6,11,14H,2,4,7-10,21H2,1H3;1H. The monoisotopic (exact) mass is 393 g/mol. The summed E-state index contributed by atoms with van der Waals surface area (Å²) in [4.78, 5) is 27.7. The van der Waals surface area contributed by atoms with Crippen molar-refractivity contribution in [1.82, 2.24) is 9.80 Å². The predicted octanol–water partition coefficient (Wildman–Crippen LogP) is 2.54. The van der Waals surface area contributed by atoms with Gasteiger partial charge in [0.2, 0.25) is 5.91 Å². The van der Waals surface area contributed by atoms with E-state index in [1.807, 2.05) is 6.92 Å². The van der Waals surface area contributed by atoms with Crippen LogP contribution in [0.15, 0.2) is 24.3 Å². The van der Waals surface area contributed by atoms with Gasteiger partial charge in [-0.25, -0.2) is 0 Å². The Morgan fingerprint density at radius 1 is 1.15 bits per heavy atom. The topological polar surface area (TPSA) is 66.6 Å². The molecule has 1 aliphatic heterocycles. The Hall–Kier alpha value is -1.80. The summed E-state index contributed by atoms with van der Waals surface area (Å²) < 4.78 is 38.3. The Balaban J connectivity index is 0.00000338. The molecule has 0 bridgehead atoms. The fourth-order valence-corrected chi connectivity index (χ4v) is 2.81. The third-order valence-corrected chi connectivity index (χ3v) is 4.23. The first kappa shape index (κ1) is 22.2. The number of carbonyl (C=O) groups is 2. The minimum atomic E-state index is -4.49. The number of amides is 2. The van der Waals surface area contributed by atoms with Crippen molar-refractivity contribution in [3.63, 3.8) is 0 Å². The Morgan fingerprint density at radius 3 is 2.27 bits per heavy atom. The maximum Gasteiger partial charge on any atom is 0.416 e. The van der Waals surface area contributed by atoms with Crippen molar-refractivity contribution < 1.29 is 22.8 Å². The highest BCUT2D eigenvalue weighted by atomic mass is 35.5. The van der Waals surface area contributed by atoms with Crippen LogP contribution in [0.3, 0.4) is 0 Å². The summed E-state index contributed by atoms with van der Waals surface area (Å²) >= 11 is 0. The van der Waals surface area contributed by atoms with E-state index in [1.165, 1.54) is 17.0 Å². The number of piperazine rings is 1. The molecule has 0 aliphatic carbocycles. The predicted molar refractivity (Wildman–Crippen MR) is 94.1 cm³/mol. The molecule has 2 N–H and O–H groups in total. The molecule has 1 atom stereocenters. The van der Waals surface area contributed by atoms with Gasteiger partial charge >= 0.3 is 6.18 Å². The number of halogens is 4. The number of hydrogen-bond donors (Lipinski definition) is 1. The molecule has 146 valence electrons. The van der Waals surface area contributed by atoms with Gasteiger partial charge in [-0.2, -0.15) is 13.2 Å². The van der Waals surface area contributed by atoms with Crippen molar-refractivity contribution in [3.05, 3.63) is 35.4 Å². The highest BCUT2D eigenvalue weighted by Crippen LogP contribution is 2.29. The second kappa shape index (κ2) is 9.23. The molecule has 5 nitrogen and oxygen atoms in total. The Labute approximate surface area is 156 Å². The Bertz CT molecular complexity index is 632. The molecule has 1 aliphatic rings. The molecule has 2 rings (SSSR count). The highest BCUT2D eigenvalue weighted by molar-refractivity contribution is 5.94. The maximum atomic E-state index is 12.8. The van der Waals surface area contributed by atoms with Gasteiger partial charge in [-0.05, 0) is 24.6 Å². The molecule has 0 aromatic heterocycles. The number of nitrogens with two attached hydrogens (primary N) is 1. The maximum absolute atomic E-state index is 12.8. The van der Waals surface area contributed by atoms with Crippen molar-refractivity contribution >= 4 is 24.2 Å². The molecule has 1 aromatic rings. The van der Waals surface area contributed by atoms with Crippen molar-refractivity contribution in [1.29, 1.82) is 0 Å². The number of rotatable bonds is 4. The lowest BCUT2D eigenvalue weighted by atomic mass is 10.1. The zero-order valence-corrected chi connectivity index (χ0v) is 15.3. The van der Waals surface area contributed by atoms with E-state index < -0.39 is 23.7 Å². The van der Waals surface area contributed by atoms with E-state index >= 15 is 0 Å². The van der Waals surface area contributed by atoms with Gasteiger partial charge in [-0.1, -0.05) is 19.4 Å². The van der Waals surface area contributed by atoms with E-state index in [0.717, 1.165) is 18.6 Å². The van der Waals surface area contributed by atoms with E-state index in [1.54, 1.807) is 4.90 Å². The van der Waals surface area contributed by atoms with Crippen molar-refractivity contribution in [3.8, 4) is 0 Å². The lowest BCUT2D eigenvalue weighted by Gasteiger charge is -2.36. The molecule has 1 saturated heterocycles. The quantitative estimate of drug-likeness (QED) is 0.854. The second-order valence-corrected chi connectivity index (χ2v) is 6.09. The number of benzene rings is 1. The van der Waals surface area contributed by atoms with Gasteiger partial charge in [0.1, 0.15) is 0 Å². The molecule has 1 aromatic carbocycles. The highest BCUT2D eigenvalue weighted by Gasteiger charge is 2.32. The van der Waals surface area contributed by atoms with Gasteiger partial charge in [0.15, 0.2) is 0 Å². The summed E-state index contributed by atoms with van der Waals surface area (Å²) in [5.41, 5.74) is 4.97. The zero-order valence-electron chi connectivity index (χ0n) is 14.5. The van der Waals surface area contributed by atoms with Crippen molar-refractivity contribution in [2.24, 2.45) is 5.73 Å². The first-order valence-electron chi connectivity index (χ1n) is 8.25. The molecule has 0 radical (unpaired) electrons. The van der Waals surface area contributed by atoms with Gasteiger partial charge in [0, 0.05) is 31.7 Å². The number of carbonyl (C=O) groups excluding carboxylic acids is 2. The molecule has 9 heteroatoms. The summed E-state index contributed by atoms with van der Waals surface area (Å²) in [7, 11) is 0. The van der Waals surface area contributed by atoms with Crippen LogP contribution in [0.5, 0.6) is 0 Å². The van der Waals surface area contributed by atoms with Gasteiger partial charge in [0.05, 0.1) is 11.6 Å². The van der Waals surface area contributed by atoms with E-state index in [-0.39, 0.29) is 37.0 Å². The molecule has 1 unspecified atom stereocenters. The zero-order chi connectivity index (χ0) is 18.6. The van der Waals surface area contributed by atoms with Crippen LogP contribution in [0, 0.1) is 0 Å². The third-order valence-electron chi connectivity index (χ3n) is 4.23. The average molecular weight is 394 g/mol. The fourth-order valence-electron chi connectivity index (χ4n) is 2.81. The summed E-state index contributed by atoms with van der Waals surface area (Å²) in [6.07, 6.45) is -3.08. The van der Waals surface area contributed by atoms with E-state index in [0.29, 0.717) is 19.5 Å². The van der Waals surface area contributed by atoms with E-state index in [2.05, 4.69) is 0 Å². The third kappa shape index (κ3) is 5.35. The first-order chi connectivity index (χ1) is 11.7. The summed E-state index contributed by atoms with van der Waals surface area (Å²) in [5.74, 6) is -0.607. The average Bonchev–Trinajstić information content (AvgIpc) is 2.60. The summed E-state index contributed by atoms with van der Waals surface area (Å²) in [6, 6.07) is 3.83. The SMILES string of the molecule is CCCC(N)C(=O)N1CCN(C(=O)c2cccc(C(F)(F)F)c2)CC1.Cl. The van der Waals surface area contributed by atoms with Crippen LogP contribution < -0.4 is 5.73 Å². The van der Waals surface area contributed by atoms with Gasteiger partial charge in [-0.3, -0.25) is 9.59 Å². The van der Waals surface area contributed by atoms with Gasteiger partial charge in [0.25, 0.3) is 5.91 Å². The molecule has 26 heavy (non-hydrogen) atoms. The normalized spacial score (nSPS) is 16.0.